The minimum atomic E-state index is -4.32. The van der Waals surface area contributed by atoms with Crippen molar-refractivity contribution in [2.24, 2.45) is 0 Å². The lowest BCUT2D eigenvalue weighted by molar-refractivity contribution is 0.0693. The fourth-order valence-electron chi connectivity index (χ4n) is 2.58. The van der Waals surface area contributed by atoms with Gasteiger partial charge in [0, 0.05) is 17.2 Å². The van der Waals surface area contributed by atoms with E-state index in [1.54, 1.807) is 0 Å². The number of benzene rings is 3. The number of nitrogens with one attached hydrogen (secondary N) is 1. The van der Waals surface area contributed by atoms with Crippen molar-refractivity contribution in [3.8, 4) is 16.9 Å². The molecule has 0 aliphatic heterocycles. The van der Waals surface area contributed by atoms with Crippen molar-refractivity contribution in [2.45, 2.75) is 4.90 Å². The third kappa shape index (κ3) is 4.02. The SMILES string of the molecule is O=C(O)c1ccc(NS(=O)(=O)c2ccc(F)c(-c3cccc(F)c3F)c2)cc1O. The fraction of sp³-hybridized carbons (Fsp3) is 0. The minimum Gasteiger partial charge on any atom is -0.507 e. The van der Waals surface area contributed by atoms with Crippen LogP contribution in [0.15, 0.2) is 59.5 Å². The normalized spacial score (nSPS) is 11.3. The molecular weight excluding hydrogens is 411 g/mol. The number of carboxylic acid groups (broad SMARTS) is 1. The second-order valence-electron chi connectivity index (χ2n) is 5.89. The molecule has 0 fully saturated rings. The van der Waals surface area contributed by atoms with Gasteiger partial charge in [0.2, 0.25) is 0 Å². The van der Waals surface area contributed by atoms with E-state index in [4.69, 9.17) is 5.11 Å². The van der Waals surface area contributed by atoms with Gasteiger partial charge in [-0.3, -0.25) is 4.72 Å². The lowest BCUT2D eigenvalue weighted by atomic mass is 10.0. The van der Waals surface area contributed by atoms with E-state index in [1.165, 1.54) is 0 Å². The summed E-state index contributed by atoms with van der Waals surface area (Å²) < 4.78 is 68.9. The second kappa shape index (κ2) is 7.47. The Hall–Kier alpha value is -3.53. The van der Waals surface area contributed by atoms with Crippen molar-refractivity contribution in [3.63, 3.8) is 0 Å². The number of phenols is 1. The summed E-state index contributed by atoms with van der Waals surface area (Å²) in [7, 11) is -4.32. The van der Waals surface area contributed by atoms with Crippen LogP contribution in [-0.4, -0.2) is 24.6 Å². The quantitative estimate of drug-likeness (QED) is 0.576. The van der Waals surface area contributed by atoms with E-state index in [-0.39, 0.29) is 5.69 Å². The third-order valence-corrected chi connectivity index (χ3v) is 5.35. The highest BCUT2D eigenvalue weighted by Gasteiger charge is 2.20. The van der Waals surface area contributed by atoms with Gasteiger partial charge >= 0.3 is 5.97 Å². The number of sulfonamides is 1. The van der Waals surface area contributed by atoms with E-state index in [0.717, 1.165) is 54.6 Å². The highest BCUT2D eigenvalue weighted by Crippen LogP contribution is 2.30. The number of halogens is 3. The molecule has 3 aromatic carbocycles. The van der Waals surface area contributed by atoms with Crippen LogP contribution < -0.4 is 4.72 Å². The van der Waals surface area contributed by atoms with Gasteiger partial charge in [-0.05, 0) is 36.4 Å². The van der Waals surface area contributed by atoms with E-state index in [9.17, 15) is 31.5 Å². The maximum Gasteiger partial charge on any atom is 0.339 e. The zero-order chi connectivity index (χ0) is 21.3. The molecule has 0 saturated carbocycles. The Labute approximate surface area is 162 Å². The van der Waals surface area contributed by atoms with Gasteiger partial charge in [-0.1, -0.05) is 12.1 Å². The Morgan fingerprint density at radius 1 is 0.897 bits per heavy atom. The Kier molecular flexibility index (Phi) is 5.21. The van der Waals surface area contributed by atoms with Crippen molar-refractivity contribution < 1.29 is 36.6 Å². The highest BCUT2D eigenvalue weighted by molar-refractivity contribution is 7.92. The van der Waals surface area contributed by atoms with E-state index < -0.39 is 60.8 Å². The molecule has 0 aromatic heterocycles. The number of rotatable bonds is 5. The summed E-state index contributed by atoms with van der Waals surface area (Å²) in [5.74, 6) is -5.58. The lowest BCUT2D eigenvalue weighted by Gasteiger charge is -2.12. The summed E-state index contributed by atoms with van der Waals surface area (Å²) in [6, 6.07) is 8.63. The third-order valence-electron chi connectivity index (χ3n) is 3.97. The first-order valence-electron chi connectivity index (χ1n) is 7.93. The van der Waals surface area contributed by atoms with Crippen LogP contribution in [0.25, 0.3) is 11.1 Å². The Morgan fingerprint density at radius 2 is 1.62 bits per heavy atom. The van der Waals surface area contributed by atoms with E-state index in [0.29, 0.717) is 0 Å². The monoisotopic (exact) mass is 423 g/mol. The zero-order valence-electron chi connectivity index (χ0n) is 14.4. The van der Waals surface area contributed by atoms with Crippen molar-refractivity contribution in [2.75, 3.05) is 4.72 Å². The molecule has 0 spiro atoms. The molecule has 0 radical (unpaired) electrons. The van der Waals surface area contributed by atoms with E-state index in [2.05, 4.69) is 4.72 Å². The fourth-order valence-corrected chi connectivity index (χ4v) is 3.66. The molecule has 0 aliphatic rings. The molecule has 0 bridgehead atoms. The van der Waals surface area contributed by atoms with Gasteiger partial charge in [0.15, 0.2) is 11.6 Å². The summed E-state index contributed by atoms with van der Waals surface area (Å²) in [6.07, 6.45) is 0. The predicted molar refractivity (Wildman–Crippen MR) is 97.6 cm³/mol. The molecule has 0 unspecified atom stereocenters. The molecule has 0 heterocycles. The molecule has 10 heteroatoms. The number of aromatic carboxylic acids is 1. The number of carboxylic acids is 1. The topological polar surface area (TPSA) is 104 Å². The first-order valence-corrected chi connectivity index (χ1v) is 9.41. The van der Waals surface area contributed by atoms with Gasteiger partial charge in [-0.15, -0.1) is 0 Å². The average molecular weight is 423 g/mol. The first kappa shape index (κ1) is 20.2. The molecule has 3 aromatic rings. The Morgan fingerprint density at radius 3 is 2.28 bits per heavy atom. The number of carbonyl (C=O) groups is 1. The van der Waals surface area contributed by atoms with E-state index in [1.807, 2.05) is 0 Å². The van der Waals surface area contributed by atoms with Gasteiger partial charge in [0.05, 0.1) is 10.6 Å². The largest absolute Gasteiger partial charge is 0.507 e. The molecule has 0 amide bonds. The minimum absolute atomic E-state index is 0.157. The molecule has 29 heavy (non-hydrogen) atoms. The molecule has 0 saturated heterocycles. The average Bonchev–Trinajstić information content (AvgIpc) is 2.64. The molecule has 3 rings (SSSR count). The summed E-state index contributed by atoms with van der Waals surface area (Å²) >= 11 is 0. The van der Waals surface area contributed by atoms with E-state index >= 15 is 0 Å². The van der Waals surface area contributed by atoms with Crippen LogP contribution in [-0.2, 0) is 10.0 Å². The lowest BCUT2D eigenvalue weighted by Crippen LogP contribution is -2.13. The molecule has 150 valence electrons. The second-order valence-corrected chi connectivity index (χ2v) is 7.57. The van der Waals surface area contributed by atoms with Gasteiger partial charge in [-0.25, -0.2) is 26.4 Å². The molecular formula is C19H12F3NO5S. The zero-order valence-corrected chi connectivity index (χ0v) is 15.2. The van der Waals surface area contributed by atoms with Gasteiger partial charge in [-0.2, -0.15) is 0 Å². The molecule has 6 nitrogen and oxygen atoms in total. The van der Waals surface area contributed by atoms with Gasteiger partial charge in [0.25, 0.3) is 10.0 Å². The van der Waals surface area contributed by atoms with Crippen molar-refractivity contribution >= 4 is 21.7 Å². The van der Waals surface area contributed by atoms with Crippen LogP contribution in [0.3, 0.4) is 0 Å². The highest BCUT2D eigenvalue weighted by atomic mass is 32.2. The van der Waals surface area contributed by atoms with Crippen LogP contribution in [0.2, 0.25) is 0 Å². The van der Waals surface area contributed by atoms with Crippen molar-refractivity contribution in [1.29, 1.82) is 0 Å². The van der Waals surface area contributed by atoms with Crippen LogP contribution in [0.5, 0.6) is 5.75 Å². The number of hydrogen-bond acceptors (Lipinski definition) is 4. The number of anilines is 1. The standard InChI is InChI=1S/C19H12F3NO5S/c20-15-7-5-11(9-14(15)12-2-1-3-16(21)18(12)22)29(27,28)23-10-4-6-13(19(25)26)17(24)8-10/h1-9,23-24H,(H,25,26). The van der Waals surface area contributed by atoms with Gasteiger partial charge < -0.3 is 10.2 Å². The Balaban J connectivity index is 2.01. The molecule has 3 N–H and O–H groups in total. The number of hydrogen-bond donors (Lipinski definition) is 3. The molecule has 0 atom stereocenters. The Bertz CT molecular complexity index is 1230. The van der Waals surface area contributed by atoms with Gasteiger partial charge in [0.1, 0.15) is 17.1 Å². The first-order chi connectivity index (χ1) is 13.6. The maximum atomic E-state index is 14.2. The summed E-state index contributed by atoms with van der Waals surface area (Å²) in [5.41, 5.74) is -1.51. The van der Waals surface area contributed by atoms with Crippen LogP contribution in [0.4, 0.5) is 18.9 Å². The summed E-state index contributed by atoms with van der Waals surface area (Å²) in [5, 5.41) is 18.6. The van der Waals surface area contributed by atoms with Crippen LogP contribution in [0.1, 0.15) is 10.4 Å². The molecule has 0 aliphatic carbocycles. The van der Waals surface area contributed by atoms with Crippen LogP contribution >= 0.6 is 0 Å². The number of aromatic hydroxyl groups is 1. The summed E-state index contributed by atoms with van der Waals surface area (Å²) in [6.45, 7) is 0. The smallest absolute Gasteiger partial charge is 0.339 e. The maximum absolute atomic E-state index is 14.2. The van der Waals surface area contributed by atoms with Crippen molar-refractivity contribution in [3.05, 3.63) is 77.6 Å². The van der Waals surface area contributed by atoms with Crippen LogP contribution in [0, 0.1) is 17.5 Å². The summed E-state index contributed by atoms with van der Waals surface area (Å²) in [4.78, 5) is 10.4. The predicted octanol–water partition coefficient (Wildman–Crippen LogP) is 3.98. The van der Waals surface area contributed by atoms with Crippen molar-refractivity contribution in [1.82, 2.24) is 0 Å².